The molecule has 1 aliphatic carbocycles. The Morgan fingerprint density at radius 2 is 2.17 bits per heavy atom. The minimum atomic E-state index is 0.149. The van der Waals surface area contributed by atoms with Crippen molar-refractivity contribution in [3.05, 3.63) is 0 Å². The fourth-order valence-corrected chi connectivity index (χ4v) is 2.47. The van der Waals surface area contributed by atoms with Gasteiger partial charge in [-0.25, -0.2) is 0 Å². The van der Waals surface area contributed by atoms with Crippen LogP contribution in [0.5, 0.6) is 0 Å². The molecule has 1 aliphatic heterocycles. The summed E-state index contributed by atoms with van der Waals surface area (Å²) in [6.07, 6.45) is 6.28. The normalized spacial score (nSPS) is 37.8. The van der Waals surface area contributed by atoms with Crippen LogP contribution >= 0.6 is 0 Å². The highest BCUT2D eigenvalue weighted by atomic mass is 16.5. The van der Waals surface area contributed by atoms with Crippen molar-refractivity contribution in [3.8, 4) is 0 Å². The van der Waals surface area contributed by atoms with Crippen molar-refractivity contribution < 1.29 is 9.84 Å². The second-order valence-corrected chi connectivity index (χ2v) is 4.30. The van der Waals surface area contributed by atoms with Gasteiger partial charge in [-0.2, -0.15) is 0 Å². The van der Waals surface area contributed by atoms with Crippen molar-refractivity contribution >= 4 is 0 Å². The summed E-state index contributed by atoms with van der Waals surface area (Å²) in [7, 11) is 0. The zero-order chi connectivity index (χ0) is 8.44. The Hall–Kier alpha value is -0.0800. The van der Waals surface area contributed by atoms with Gasteiger partial charge in [-0.05, 0) is 31.6 Å². The van der Waals surface area contributed by atoms with Crippen LogP contribution in [-0.4, -0.2) is 24.9 Å². The first-order valence-corrected chi connectivity index (χ1v) is 5.06. The second kappa shape index (κ2) is 3.35. The molecule has 0 aromatic carbocycles. The van der Waals surface area contributed by atoms with Crippen molar-refractivity contribution in [1.82, 2.24) is 0 Å². The van der Waals surface area contributed by atoms with E-state index in [1.807, 2.05) is 0 Å². The van der Waals surface area contributed by atoms with Gasteiger partial charge >= 0.3 is 0 Å². The van der Waals surface area contributed by atoms with Crippen LogP contribution in [0.25, 0.3) is 0 Å². The quantitative estimate of drug-likeness (QED) is 0.681. The maximum absolute atomic E-state index is 9.40. The fraction of sp³-hybridized carbons (Fsp3) is 1.00. The summed E-state index contributed by atoms with van der Waals surface area (Å²) in [5.74, 6) is 0.753. The highest BCUT2D eigenvalue weighted by Crippen LogP contribution is 2.46. The lowest BCUT2D eigenvalue weighted by atomic mass is 9.63. The molecule has 1 N–H and O–H groups in total. The highest BCUT2D eigenvalue weighted by Gasteiger charge is 2.42. The Balaban J connectivity index is 2.00. The molecule has 0 aromatic rings. The molecule has 2 rings (SSSR count). The first kappa shape index (κ1) is 8.52. The lowest BCUT2D eigenvalue weighted by Crippen LogP contribution is -2.44. The standard InChI is InChI=1S/C10H18O2/c11-7-10(9-3-1-4-9)5-2-6-12-8-10/h9,11H,1-8H2. The molecule has 0 radical (unpaired) electrons. The van der Waals surface area contributed by atoms with Crippen molar-refractivity contribution in [2.45, 2.75) is 32.1 Å². The Morgan fingerprint density at radius 3 is 2.58 bits per heavy atom. The van der Waals surface area contributed by atoms with Crippen LogP contribution in [-0.2, 0) is 4.74 Å². The molecule has 0 aromatic heterocycles. The number of aliphatic hydroxyl groups is 1. The lowest BCUT2D eigenvalue weighted by Gasteiger charge is -2.46. The van der Waals surface area contributed by atoms with Crippen molar-refractivity contribution in [2.24, 2.45) is 11.3 Å². The third-order valence-corrected chi connectivity index (χ3v) is 3.64. The number of hydrogen-bond acceptors (Lipinski definition) is 2. The Kier molecular flexibility index (Phi) is 2.37. The molecule has 0 amide bonds. The van der Waals surface area contributed by atoms with E-state index in [0.29, 0.717) is 6.61 Å². The molecule has 70 valence electrons. The van der Waals surface area contributed by atoms with E-state index in [9.17, 15) is 5.11 Å². The molecule has 2 heteroatoms. The van der Waals surface area contributed by atoms with Crippen LogP contribution in [0.4, 0.5) is 0 Å². The number of rotatable bonds is 2. The average molecular weight is 170 g/mol. The molecule has 1 heterocycles. The van der Waals surface area contributed by atoms with Crippen LogP contribution in [0.1, 0.15) is 32.1 Å². The van der Waals surface area contributed by atoms with E-state index < -0.39 is 0 Å². The van der Waals surface area contributed by atoms with Crippen LogP contribution in [0.15, 0.2) is 0 Å². The van der Waals surface area contributed by atoms with E-state index in [4.69, 9.17) is 4.74 Å². The molecule has 0 bridgehead atoms. The SMILES string of the molecule is OCC1(C2CCC2)CCCOC1. The van der Waals surface area contributed by atoms with Crippen molar-refractivity contribution in [3.63, 3.8) is 0 Å². The Bertz CT molecular complexity index is 146. The predicted molar refractivity (Wildman–Crippen MR) is 46.9 cm³/mol. The van der Waals surface area contributed by atoms with Crippen molar-refractivity contribution in [2.75, 3.05) is 19.8 Å². The minimum Gasteiger partial charge on any atom is -0.396 e. The smallest absolute Gasteiger partial charge is 0.0547 e. The molecule has 2 fully saturated rings. The third kappa shape index (κ3) is 1.27. The molecule has 2 aliphatic rings. The van der Waals surface area contributed by atoms with E-state index >= 15 is 0 Å². The largest absolute Gasteiger partial charge is 0.396 e. The zero-order valence-corrected chi connectivity index (χ0v) is 7.59. The van der Waals surface area contributed by atoms with Crippen molar-refractivity contribution in [1.29, 1.82) is 0 Å². The maximum atomic E-state index is 9.40. The first-order chi connectivity index (χ1) is 5.87. The van der Waals surface area contributed by atoms with E-state index in [2.05, 4.69) is 0 Å². The summed E-state index contributed by atoms with van der Waals surface area (Å²) in [4.78, 5) is 0. The van der Waals surface area contributed by atoms with Gasteiger partial charge in [-0.3, -0.25) is 0 Å². The topological polar surface area (TPSA) is 29.5 Å². The van der Waals surface area contributed by atoms with Gasteiger partial charge in [-0.15, -0.1) is 0 Å². The summed E-state index contributed by atoms with van der Waals surface area (Å²) in [5, 5.41) is 9.40. The molecule has 12 heavy (non-hydrogen) atoms. The molecule has 0 spiro atoms. The Morgan fingerprint density at radius 1 is 1.33 bits per heavy atom. The van der Waals surface area contributed by atoms with Gasteiger partial charge in [0.25, 0.3) is 0 Å². The minimum absolute atomic E-state index is 0.149. The first-order valence-electron chi connectivity index (χ1n) is 5.06. The molecule has 1 saturated heterocycles. The van der Waals surface area contributed by atoms with Crippen LogP contribution < -0.4 is 0 Å². The van der Waals surface area contributed by atoms with Gasteiger partial charge in [0.15, 0.2) is 0 Å². The highest BCUT2D eigenvalue weighted by molar-refractivity contribution is 4.91. The molecule has 1 unspecified atom stereocenters. The fourth-order valence-electron chi connectivity index (χ4n) is 2.47. The molecular weight excluding hydrogens is 152 g/mol. The average Bonchev–Trinajstić information content (AvgIpc) is 2.03. The van der Waals surface area contributed by atoms with Gasteiger partial charge in [0, 0.05) is 12.0 Å². The van der Waals surface area contributed by atoms with E-state index in [0.717, 1.165) is 25.6 Å². The molecular formula is C10H18O2. The van der Waals surface area contributed by atoms with E-state index in [-0.39, 0.29) is 5.41 Å². The Labute approximate surface area is 73.9 Å². The molecule has 1 atom stereocenters. The van der Waals surface area contributed by atoms with E-state index in [1.165, 1.54) is 25.7 Å². The summed E-state index contributed by atoms with van der Waals surface area (Å²) < 4.78 is 5.47. The monoisotopic (exact) mass is 170 g/mol. The number of aliphatic hydroxyl groups excluding tert-OH is 1. The summed E-state index contributed by atoms with van der Waals surface area (Å²) in [6, 6.07) is 0. The van der Waals surface area contributed by atoms with E-state index in [1.54, 1.807) is 0 Å². The third-order valence-electron chi connectivity index (χ3n) is 3.64. The van der Waals surface area contributed by atoms with Gasteiger partial charge < -0.3 is 9.84 Å². The van der Waals surface area contributed by atoms with Gasteiger partial charge in [0.1, 0.15) is 0 Å². The summed E-state index contributed by atoms with van der Waals surface area (Å²) >= 11 is 0. The lowest BCUT2D eigenvalue weighted by molar-refractivity contribution is -0.0916. The predicted octanol–water partition coefficient (Wildman–Crippen LogP) is 1.58. The summed E-state index contributed by atoms with van der Waals surface area (Å²) in [5.41, 5.74) is 0.149. The second-order valence-electron chi connectivity index (χ2n) is 4.30. The van der Waals surface area contributed by atoms with Crippen LogP contribution in [0.3, 0.4) is 0 Å². The molecule has 2 nitrogen and oxygen atoms in total. The maximum Gasteiger partial charge on any atom is 0.0547 e. The zero-order valence-electron chi connectivity index (χ0n) is 7.59. The van der Waals surface area contributed by atoms with Gasteiger partial charge in [-0.1, -0.05) is 6.42 Å². The van der Waals surface area contributed by atoms with Crippen LogP contribution in [0, 0.1) is 11.3 Å². The number of ether oxygens (including phenoxy) is 1. The molecule has 1 saturated carbocycles. The van der Waals surface area contributed by atoms with Gasteiger partial charge in [0.2, 0.25) is 0 Å². The van der Waals surface area contributed by atoms with Crippen LogP contribution in [0.2, 0.25) is 0 Å². The number of hydrogen-bond donors (Lipinski definition) is 1. The van der Waals surface area contributed by atoms with Gasteiger partial charge in [0.05, 0.1) is 13.2 Å². The summed E-state index contributed by atoms with van der Waals surface area (Å²) in [6.45, 7) is 2.03.